The number of carbonyl (C=O) groups excluding carboxylic acids is 1. The lowest BCUT2D eigenvalue weighted by atomic mass is 10.6. The normalized spacial score (nSPS) is 11.2. The van der Waals surface area contributed by atoms with Gasteiger partial charge in [0.25, 0.3) is 0 Å². The van der Waals surface area contributed by atoms with Crippen LogP contribution < -0.4 is 5.32 Å². The van der Waals surface area contributed by atoms with Crippen molar-refractivity contribution in [3.63, 3.8) is 0 Å². The smallest absolute Gasteiger partial charge is 0.216 e. The zero-order valence-electron chi connectivity index (χ0n) is 6.77. The molecule has 0 saturated heterocycles. The summed E-state index contributed by atoms with van der Waals surface area (Å²) in [6.07, 6.45) is 0. The van der Waals surface area contributed by atoms with Crippen LogP contribution in [0.25, 0.3) is 0 Å². The van der Waals surface area contributed by atoms with Crippen molar-refractivity contribution in [1.82, 2.24) is 9.99 Å². The number of hydrogen-bond acceptors (Lipinski definition) is 2. The van der Waals surface area contributed by atoms with E-state index in [-0.39, 0.29) is 5.91 Å². The maximum Gasteiger partial charge on any atom is 0.216 e. The molecule has 0 rings (SSSR count). The molecule has 1 N–H and O–H groups in total. The maximum absolute atomic E-state index is 10.4. The van der Waals surface area contributed by atoms with Crippen LogP contribution in [0.3, 0.4) is 0 Å². The summed E-state index contributed by atoms with van der Waals surface area (Å²) < 4.78 is 2.18. The Balaban J connectivity index is 3.11. The lowest BCUT2D eigenvalue weighted by Gasteiger charge is -2.12. The highest BCUT2D eigenvalue weighted by molar-refractivity contribution is 7.34. The summed E-state index contributed by atoms with van der Waals surface area (Å²) in [5.74, 6) is 0.0489. The van der Waals surface area contributed by atoms with Gasteiger partial charge < -0.3 is 5.32 Å². The molecule has 3 nitrogen and oxygen atoms in total. The standard InChI is InChI=1S/C6H15N2OP/c1-6(9)7-4-5-8(2)10-3/h10H,4-5H2,1-3H3,(H,7,9). The van der Waals surface area contributed by atoms with E-state index in [9.17, 15) is 4.79 Å². The fourth-order valence-electron chi connectivity index (χ4n) is 0.511. The van der Waals surface area contributed by atoms with Gasteiger partial charge in [0.2, 0.25) is 5.91 Å². The molecule has 0 aromatic rings. The van der Waals surface area contributed by atoms with E-state index < -0.39 is 0 Å². The largest absolute Gasteiger partial charge is 0.355 e. The van der Waals surface area contributed by atoms with Gasteiger partial charge in [0.05, 0.1) is 0 Å². The molecule has 60 valence electrons. The summed E-state index contributed by atoms with van der Waals surface area (Å²) in [4.78, 5) is 10.4. The van der Waals surface area contributed by atoms with Crippen LogP contribution in [0.4, 0.5) is 0 Å². The summed E-state index contributed by atoms with van der Waals surface area (Å²) >= 11 is 0. The molecule has 0 aliphatic rings. The minimum Gasteiger partial charge on any atom is -0.355 e. The molecule has 0 spiro atoms. The zero-order chi connectivity index (χ0) is 7.98. The van der Waals surface area contributed by atoms with Gasteiger partial charge in [0, 0.05) is 20.0 Å². The van der Waals surface area contributed by atoms with Gasteiger partial charge in [-0.25, -0.2) is 0 Å². The Labute approximate surface area is 64.0 Å². The summed E-state index contributed by atoms with van der Waals surface area (Å²) in [6.45, 7) is 5.35. The number of hydrogen-bond donors (Lipinski definition) is 1. The second kappa shape index (κ2) is 5.63. The molecule has 0 aromatic heterocycles. The van der Waals surface area contributed by atoms with E-state index >= 15 is 0 Å². The minimum atomic E-state index is 0.0489. The Kier molecular flexibility index (Phi) is 5.55. The topological polar surface area (TPSA) is 32.3 Å². The molecular weight excluding hydrogens is 147 g/mol. The Morgan fingerprint density at radius 3 is 2.70 bits per heavy atom. The molecule has 0 aromatic carbocycles. The SMILES string of the molecule is CPN(C)CCNC(C)=O. The first-order valence-electron chi connectivity index (χ1n) is 3.29. The third kappa shape index (κ3) is 5.99. The van der Waals surface area contributed by atoms with E-state index in [0.29, 0.717) is 0 Å². The van der Waals surface area contributed by atoms with Crippen LogP contribution in [-0.4, -0.2) is 37.4 Å². The van der Waals surface area contributed by atoms with E-state index in [1.165, 1.54) is 6.92 Å². The van der Waals surface area contributed by atoms with Gasteiger partial charge in [-0.1, -0.05) is 8.73 Å². The van der Waals surface area contributed by atoms with Crippen LogP contribution in [0, 0.1) is 0 Å². The summed E-state index contributed by atoms with van der Waals surface area (Å²) in [5.41, 5.74) is 0. The van der Waals surface area contributed by atoms with Gasteiger partial charge in [0.15, 0.2) is 0 Å². The number of carbonyl (C=O) groups is 1. The van der Waals surface area contributed by atoms with Crippen molar-refractivity contribution in [3.05, 3.63) is 0 Å². The van der Waals surface area contributed by atoms with E-state index in [0.717, 1.165) is 21.8 Å². The molecule has 0 radical (unpaired) electrons. The predicted molar refractivity (Wildman–Crippen MR) is 45.6 cm³/mol. The second-order valence-electron chi connectivity index (χ2n) is 2.13. The molecular formula is C6H15N2OP. The Hall–Kier alpha value is -0.140. The first-order valence-corrected chi connectivity index (χ1v) is 4.74. The second-order valence-corrected chi connectivity index (χ2v) is 3.34. The highest BCUT2D eigenvalue weighted by atomic mass is 31.1. The van der Waals surface area contributed by atoms with Gasteiger partial charge in [0.1, 0.15) is 0 Å². The van der Waals surface area contributed by atoms with Crippen molar-refractivity contribution in [2.75, 3.05) is 26.8 Å². The van der Waals surface area contributed by atoms with Gasteiger partial charge in [-0.3, -0.25) is 9.46 Å². The molecule has 1 unspecified atom stereocenters. The van der Waals surface area contributed by atoms with E-state index in [1.807, 2.05) is 7.05 Å². The molecule has 4 heteroatoms. The Morgan fingerprint density at radius 2 is 2.30 bits per heavy atom. The molecule has 0 fully saturated rings. The van der Waals surface area contributed by atoms with Crippen LogP contribution >= 0.6 is 8.73 Å². The first-order chi connectivity index (χ1) is 4.66. The van der Waals surface area contributed by atoms with Crippen LogP contribution in [0.15, 0.2) is 0 Å². The van der Waals surface area contributed by atoms with Gasteiger partial charge in [-0.05, 0) is 13.7 Å². The quantitative estimate of drug-likeness (QED) is 0.602. The highest BCUT2D eigenvalue weighted by Gasteiger charge is 1.93. The molecule has 0 bridgehead atoms. The molecule has 0 heterocycles. The molecule has 1 amide bonds. The Morgan fingerprint density at radius 1 is 1.70 bits per heavy atom. The molecule has 0 aliphatic carbocycles. The van der Waals surface area contributed by atoms with Gasteiger partial charge >= 0.3 is 0 Å². The van der Waals surface area contributed by atoms with Crippen molar-refractivity contribution in [2.45, 2.75) is 6.92 Å². The van der Waals surface area contributed by atoms with Gasteiger partial charge in [-0.2, -0.15) is 0 Å². The lowest BCUT2D eigenvalue weighted by Crippen LogP contribution is -2.28. The third-order valence-electron chi connectivity index (χ3n) is 1.20. The molecule has 10 heavy (non-hydrogen) atoms. The predicted octanol–water partition coefficient (Wildman–Crippen LogP) is 0.278. The maximum atomic E-state index is 10.4. The number of nitrogens with one attached hydrogen (secondary N) is 1. The monoisotopic (exact) mass is 162 g/mol. The van der Waals surface area contributed by atoms with Crippen LogP contribution in [-0.2, 0) is 4.79 Å². The minimum absolute atomic E-state index is 0.0489. The van der Waals surface area contributed by atoms with Crippen LogP contribution in [0.5, 0.6) is 0 Å². The summed E-state index contributed by atoms with van der Waals surface area (Å²) in [6, 6.07) is 0. The molecule has 0 aliphatic heterocycles. The first kappa shape index (κ1) is 9.86. The highest BCUT2D eigenvalue weighted by Crippen LogP contribution is 2.05. The summed E-state index contributed by atoms with van der Waals surface area (Å²) in [5, 5.41) is 2.73. The van der Waals surface area contributed by atoms with Crippen molar-refractivity contribution in [1.29, 1.82) is 0 Å². The number of amides is 1. The lowest BCUT2D eigenvalue weighted by molar-refractivity contribution is -0.118. The van der Waals surface area contributed by atoms with Crippen molar-refractivity contribution in [2.24, 2.45) is 0 Å². The number of likely N-dealkylation sites (N-methyl/N-ethyl adjacent to an activating group) is 1. The molecule has 1 atom stereocenters. The summed E-state index contributed by atoms with van der Waals surface area (Å²) in [7, 11) is 2.86. The fraction of sp³-hybridized carbons (Fsp3) is 0.833. The van der Waals surface area contributed by atoms with E-state index in [4.69, 9.17) is 0 Å². The van der Waals surface area contributed by atoms with Crippen molar-refractivity contribution >= 4 is 14.6 Å². The Bertz CT molecular complexity index is 108. The zero-order valence-corrected chi connectivity index (χ0v) is 7.77. The van der Waals surface area contributed by atoms with E-state index in [2.05, 4.69) is 16.7 Å². The van der Waals surface area contributed by atoms with Crippen LogP contribution in [0.1, 0.15) is 6.92 Å². The third-order valence-corrected chi connectivity index (χ3v) is 2.19. The molecule has 0 saturated carbocycles. The average molecular weight is 162 g/mol. The number of rotatable bonds is 4. The average Bonchev–Trinajstić information content (AvgIpc) is 1.87. The van der Waals surface area contributed by atoms with Crippen molar-refractivity contribution < 1.29 is 4.79 Å². The number of nitrogens with zero attached hydrogens (tertiary/aromatic N) is 1. The van der Waals surface area contributed by atoms with Gasteiger partial charge in [-0.15, -0.1) is 0 Å². The fourth-order valence-corrected chi connectivity index (χ4v) is 0.847. The van der Waals surface area contributed by atoms with Crippen LogP contribution in [0.2, 0.25) is 0 Å². The van der Waals surface area contributed by atoms with E-state index in [1.54, 1.807) is 0 Å². The van der Waals surface area contributed by atoms with Crippen molar-refractivity contribution in [3.8, 4) is 0 Å².